The average molecular weight is 272 g/mol. The number of nitrogens with one attached hydrogen (secondary N) is 1. The molecule has 3 aliphatic rings. The van der Waals surface area contributed by atoms with Gasteiger partial charge in [-0.05, 0) is 12.8 Å². The van der Waals surface area contributed by atoms with Gasteiger partial charge in [0.2, 0.25) is 11.8 Å². The Bertz CT molecular complexity index is 574. The second-order valence-electron chi connectivity index (χ2n) is 5.75. The lowest BCUT2D eigenvalue weighted by Crippen LogP contribution is -2.41. The molecule has 0 aromatic heterocycles. The molecule has 3 heterocycles. The molecule has 5 nitrogen and oxygen atoms in total. The van der Waals surface area contributed by atoms with E-state index in [1.54, 1.807) is 4.90 Å². The Hall–Kier alpha value is -1.88. The molecule has 5 heteroatoms. The van der Waals surface area contributed by atoms with E-state index in [9.17, 15) is 9.59 Å². The summed E-state index contributed by atoms with van der Waals surface area (Å²) in [6, 6.07) is 9.75. The highest BCUT2D eigenvalue weighted by molar-refractivity contribution is 6.08. The van der Waals surface area contributed by atoms with Gasteiger partial charge in [-0.1, -0.05) is 30.3 Å². The maximum Gasteiger partial charge on any atom is 0.241 e. The van der Waals surface area contributed by atoms with Gasteiger partial charge in [-0.2, -0.15) is 0 Å². The summed E-state index contributed by atoms with van der Waals surface area (Å²) in [5, 5.41) is 2.80. The van der Waals surface area contributed by atoms with Crippen LogP contribution in [0, 0.1) is 5.41 Å². The van der Waals surface area contributed by atoms with Gasteiger partial charge in [0.05, 0.1) is 12.6 Å². The van der Waals surface area contributed by atoms with Crippen molar-refractivity contribution in [2.75, 3.05) is 13.2 Å². The van der Waals surface area contributed by atoms with E-state index in [4.69, 9.17) is 4.74 Å². The van der Waals surface area contributed by atoms with Crippen LogP contribution < -0.4 is 5.32 Å². The van der Waals surface area contributed by atoms with Gasteiger partial charge >= 0.3 is 0 Å². The third-order valence-electron chi connectivity index (χ3n) is 4.68. The number of carbonyl (C=O) groups excluding carboxylic acids is 2. The predicted molar refractivity (Wildman–Crippen MR) is 70.4 cm³/mol. The fourth-order valence-corrected chi connectivity index (χ4v) is 3.67. The van der Waals surface area contributed by atoms with Gasteiger partial charge in [-0.3, -0.25) is 9.59 Å². The van der Waals surface area contributed by atoms with Crippen molar-refractivity contribution in [3.05, 3.63) is 35.9 Å². The zero-order valence-corrected chi connectivity index (χ0v) is 11.0. The Kier molecular flexibility index (Phi) is 2.41. The molecule has 0 unspecified atom stereocenters. The number of ether oxygens (including phenoxy) is 1. The molecule has 3 saturated heterocycles. The van der Waals surface area contributed by atoms with Crippen LogP contribution in [-0.4, -0.2) is 35.9 Å². The molecule has 0 saturated carbocycles. The Morgan fingerprint density at radius 1 is 1.25 bits per heavy atom. The summed E-state index contributed by atoms with van der Waals surface area (Å²) < 4.78 is 5.79. The van der Waals surface area contributed by atoms with Crippen molar-refractivity contribution in [1.29, 1.82) is 0 Å². The molecule has 4 rings (SSSR count). The van der Waals surface area contributed by atoms with E-state index < -0.39 is 5.41 Å². The molecule has 0 radical (unpaired) electrons. The van der Waals surface area contributed by atoms with Crippen LogP contribution in [0.3, 0.4) is 0 Å². The molecule has 2 amide bonds. The van der Waals surface area contributed by atoms with Crippen LogP contribution in [0.15, 0.2) is 30.3 Å². The number of hydrogen-bond acceptors (Lipinski definition) is 3. The average Bonchev–Trinajstić information content (AvgIpc) is 3.11. The van der Waals surface area contributed by atoms with Crippen molar-refractivity contribution >= 4 is 11.8 Å². The monoisotopic (exact) mass is 272 g/mol. The van der Waals surface area contributed by atoms with E-state index in [0.717, 1.165) is 5.56 Å². The summed E-state index contributed by atoms with van der Waals surface area (Å²) in [6.07, 6.45) is 0.849. The molecular formula is C15H16N2O3. The van der Waals surface area contributed by atoms with Crippen molar-refractivity contribution in [2.24, 2.45) is 5.41 Å². The molecule has 1 N–H and O–H groups in total. The maximum atomic E-state index is 12.8. The lowest BCUT2D eigenvalue weighted by Gasteiger charge is -2.25. The second kappa shape index (κ2) is 4.06. The quantitative estimate of drug-likeness (QED) is 0.770. The van der Waals surface area contributed by atoms with E-state index in [2.05, 4.69) is 5.32 Å². The number of amides is 2. The summed E-state index contributed by atoms with van der Waals surface area (Å²) in [6.45, 7) is 1.11. The van der Waals surface area contributed by atoms with Crippen molar-refractivity contribution < 1.29 is 14.3 Å². The van der Waals surface area contributed by atoms with Crippen LogP contribution in [0.5, 0.6) is 0 Å². The van der Waals surface area contributed by atoms with Gasteiger partial charge in [0, 0.05) is 12.1 Å². The SMILES string of the molecule is O=C1NCC[C@]12C[C@H]1CO[C@H](c3ccccc3)N1C2=O. The summed E-state index contributed by atoms with van der Waals surface area (Å²) in [4.78, 5) is 26.7. The Labute approximate surface area is 116 Å². The van der Waals surface area contributed by atoms with Gasteiger partial charge < -0.3 is 15.0 Å². The van der Waals surface area contributed by atoms with Crippen molar-refractivity contribution in [2.45, 2.75) is 25.1 Å². The molecule has 104 valence electrons. The highest BCUT2D eigenvalue weighted by atomic mass is 16.5. The normalized spacial score (nSPS) is 35.7. The van der Waals surface area contributed by atoms with Gasteiger partial charge in [0.15, 0.2) is 6.23 Å². The van der Waals surface area contributed by atoms with Crippen LogP contribution in [0.2, 0.25) is 0 Å². The minimum Gasteiger partial charge on any atom is -0.355 e. The Morgan fingerprint density at radius 3 is 2.75 bits per heavy atom. The fraction of sp³-hybridized carbons (Fsp3) is 0.467. The standard InChI is InChI=1S/C15H16N2O3/c18-13-15(6-7-16-13)8-11-9-20-12(17(11)14(15)19)10-4-2-1-3-5-10/h1-5,11-12H,6-9H2,(H,16,18)/t11-,12+,15-/m0/s1. The fourth-order valence-electron chi connectivity index (χ4n) is 3.67. The summed E-state index contributed by atoms with van der Waals surface area (Å²) in [7, 11) is 0. The van der Waals surface area contributed by atoms with Gasteiger partial charge in [-0.25, -0.2) is 0 Å². The van der Waals surface area contributed by atoms with Gasteiger partial charge in [-0.15, -0.1) is 0 Å². The van der Waals surface area contributed by atoms with Crippen molar-refractivity contribution in [3.63, 3.8) is 0 Å². The maximum absolute atomic E-state index is 12.8. The molecular weight excluding hydrogens is 256 g/mol. The van der Waals surface area contributed by atoms with Crippen LogP contribution >= 0.6 is 0 Å². The van der Waals surface area contributed by atoms with E-state index in [-0.39, 0.29) is 24.1 Å². The topological polar surface area (TPSA) is 58.6 Å². The van der Waals surface area contributed by atoms with Crippen LogP contribution in [0.25, 0.3) is 0 Å². The first kappa shape index (κ1) is 11.9. The van der Waals surface area contributed by atoms with E-state index in [0.29, 0.717) is 26.0 Å². The number of fused-ring (bicyclic) bond motifs is 1. The lowest BCUT2D eigenvalue weighted by molar-refractivity contribution is -0.147. The minimum atomic E-state index is -0.832. The molecule has 3 aliphatic heterocycles. The number of rotatable bonds is 1. The van der Waals surface area contributed by atoms with Gasteiger partial charge in [0.1, 0.15) is 5.41 Å². The summed E-state index contributed by atoms with van der Waals surface area (Å²) in [5.41, 5.74) is 0.139. The molecule has 0 bridgehead atoms. The first-order valence-electron chi connectivity index (χ1n) is 7.00. The van der Waals surface area contributed by atoms with Crippen molar-refractivity contribution in [1.82, 2.24) is 10.2 Å². The summed E-state index contributed by atoms with van der Waals surface area (Å²) in [5.74, 6) is -0.174. The lowest BCUT2D eigenvalue weighted by atomic mass is 9.83. The van der Waals surface area contributed by atoms with Crippen LogP contribution in [0.1, 0.15) is 24.6 Å². The van der Waals surface area contributed by atoms with Crippen LogP contribution in [0.4, 0.5) is 0 Å². The third-order valence-corrected chi connectivity index (χ3v) is 4.68. The van der Waals surface area contributed by atoms with E-state index in [1.165, 1.54) is 0 Å². The number of carbonyl (C=O) groups is 2. The Morgan fingerprint density at radius 2 is 2.05 bits per heavy atom. The number of nitrogens with zero attached hydrogens (tertiary/aromatic N) is 1. The molecule has 3 fully saturated rings. The third kappa shape index (κ3) is 1.41. The van der Waals surface area contributed by atoms with Crippen molar-refractivity contribution in [3.8, 4) is 0 Å². The molecule has 20 heavy (non-hydrogen) atoms. The Balaban J connectivity index is 1.69. The predicted octanol–water partition coefficient (Wildman–Crippen LogP) is 0.823. The molecule has 1 aromatic rings. The number of hydrogen-bond donors (Lipinski definition) is 1. The van der Waals surface area contributed by atoms with Crippen LogP contribution in [-0.2, 0) is 14.3 Å². The largest absolute Gasteiger partial charge is 0.355 e. The smallest absolute Gasteiger partial charge is 0.241 e. The minimum absolute atomic E-state index is 0.0246. The number of benzene rings is 1. The first-order chi connectivity index (χ1) is 9.72. The summed E-state index contributed by atoms with van der Waals surface area (Å²) >= 11 is 0. The van der Waals surface area contributed by atoms with E-state index in [1.807, 2.05) is 30.3 Å². The second-order valence-corrected chi connectivity index (χ2v) is 5.75. The van der Waals surface area contributed by atoms with Gasteiger partial charge in [0.25, 0.3) is 0 Å². The molecule has 3 atom stereocenters. The molecule has 0 aliphatic carbocycles. The highest BCUT2D eigenvalue weighted by Crippen LogP contribution is 2.48. The zero-order chi connectivity index (χ0) is 13.7. The molecule has 1 spiro atoms. The first-order valence-corrected chi connectivity index (χ1v) is 7.00. The highest BCUT2D eigenvalue weighted by Gasteiger charge is 2.61. The van der Waals surface area contributed by atoms with E-state index >= 15 is 0 Å². The molecule has 1 aromatic carbocycles. The zero-order valence-electron chi connectivity index (χ0n) is 11.0.